The topological polar surface area (TPSA) is 34.1 Å². The predicted octanol–water partition coefficient (Wildman–Crippen LogP) is 2.19. The van der Waals surface area contributed by atoms with Gasteiger partial charge >= 0.3 is 0 Å². The molecule has 5 heteroatoms. The molecular weight excluding hydrogens is 243 g/mol. The average Bonchev–Trinajstić information content (AvgIpc) is 1.58. The minimum absolute atomic E-state index is 0.140. The van der Waals surface area contributed by atoms with E-state index in [1.807, 2.05) is 0 Å². The van der Waals surface area contributed by atoms with E-state index in [1.54, 1.807) is 0 Å². The van der Waals surface area contributed by atoms with Gasteiger partial charge in [0, 0.05) is 6.08 Å². The summed E-state index contributed by atoms with van der Waals surface area (Å²) in [6.45, 7) is 0. The monoisotopic (exact) mass is 244 g/mol. The molecule has 0 N–H and O–H groups in total. The molecule has 0 aliphatic rings. The van der Waals surface area contributed by atoms with E-state index < -0.39 is 5.78 Å². The average molecular weight is 246 g/mol. The number of ketones is 1. The molecule has 0 aliphatic carbocycles. The van der Waals surface area contributed by atoms with Crippen molar-refractivity contribution in [2.24, 2.45) is 0 Å². The van der Waals surface area contributed by atoms with Crippen molar-refractivity contribution in [3.63, 3.8) is 0 Å². The van der Waals surface area contributed by atoms with Gasteiger partial charge in [-0.25, -0.2) is 0 Å². The van der Waals surface area contributed by atoms with Crippen molar-refractivity contribution < 1.29 is 9.59 Å². The molecule has 0 spiro atoms. The summed E-state index contributed by atoms with van der Waals surface area (Å²) in [7, 11) is 0. The molecule has 0 aromatic heterocycles. The highest BCUT2D eigenvalue weighted by molar-refractivity contribution is 9.18. The lowest BCUT2D eigenvalue weighted by atomic mass is 10.3. The molecule has 0 rings (SSSR count). The van der Waals surface area contributed by atoms with Crippen LogP contribution in [0.1, 0.15) is 6.42 Å². The van der Waals surface area contributed by atoms with Crippen molar-refractivity contribution >= 4 is 49.6 Å². The van der Waals surface area contributed by atoms with Crippen LogP contribution < -0.4 is 0 Å². The van der Waals surface area contributed by atoms with Gasteiger partial charge in [0.25, 0.3) is 0 Å². The SMILES string of the molecule is O=C(Br)CC(=O)C=C(Cl)Cl. The summed E-state index contributed by atoms with van der Waals surface area (Å²) in [5.41, 5.74) is 0. The summed E-state index contributed by atoms with van der Waals surface area (Å²) in [6.07, 6.45) is 0.769. The quantitative estimate of drug-likeness (QED) is 0.434. The molecule has 0 unspecified atom stereocenters. The van der Waals surface area contributed by atoms with E-state index in [0.29, 0.717) is 0 Å². The molecule has 0 aliphatic heterocycles. The Kier molecular flexibility index (Phi) is 4.95. The molecule has 0 bridgehead atoms. The molecule has 10 heavy (non-hydrogen) atoms. The van der Waals surface area contributed by atoms with Crippen LogP contribution in [0.3, 0.4) is 0 Å². The fraction of sp³-hybridized carbons (Fsp3) is 0.200. The molecule has 0 atom stereocenters. The lowest BCUT2D eigenvalue weighted by molar-refractivity contribution is -0.119. The molecule has 0 fully saturated rings. The van der Waals surface area contributed by atoms with Crippen LogP contribution in [-0.2, 0) is 9.59 Å². The number of hydrogen-bond acceptors (Lipinski definition) is 2. The second kappa shape index (κ2) is 4.88. The first-order valence-corrected chi connectivity index (χ1v) is 3.81. The zero-order valence-corrected chi connectivity index (χ0v) is 7.83. The van der Waals surface area contributed by atoms with Gasteiger partial charge in [-0.15, -0.1) is 0 Å². The van der Waals surface area contributed by atoms with Crippen LogP contribution in [0.4, 0.5) is 0 Å². The van der Waals surface area contributed by atoms with E-state index in [9.17, 15) is 9.59 Å². The predicted molar refractivity (Wildman–Crippen MR) is 43.3 cm³/mol. The second-order valence-electron chi connectivity index (χ2n) is 1.43. The number of hydrogen-bond donors (Lipinski definition) is 0. The van der Waals surface area contributed by atoms with E-state index in [2.05, 4.69) is 15.9 Å². The Bertz CT molecular complexity index is 184. The maximum Gasteiger partial charge on any atom is 0.205 e. The summed E-state index contributed by atoms with van der Waals surface area (Å²) in [5.74, 6) is -0.415. The molecule has 0 saturated carbocycles. The zero-order valence-electron chi connectivity index (χ0n) is 4.73. The van der Waals surface area contributed by atoms with Crippen molar-refractivity contribution in [1.82, 2.24) is 0 Å². The number of rotatable bonds is 3. The highest BCUT2D eigenvalue weighted by Gasteiger charge is 2.03. The summed E-state index contributed by atoms with van der Waals surface area (Å²) < 4.78 is -0.526. The minimum atomic E-state index is -0.415. The van der Waals surface area contributed by atoms with E-state index in [0.717, 1.165) is 6.08 Å². The molecule has 0 radical (unpaired) electrons. The molecule has 0 aromatic rings. The smallest absolute Gasteiger partial charge is 0.205 e. The third kappa shape index (κ3) is 6.26. The maximum atomic E-state index is 10.6. The van der Waals surface area contributed by atoms with Gasteiger partial charge in [0.15, 0.2) is 5.78 Å². The molecular formula is C5H3BrCl2O2. The first kappa shape index (κ1) is 10.1. The van der Waals surface area contributed by atoms with Crippen LogP contribution in [0, 0.1) is 0 Å². The van der Waals surface area contributed by atoms with E-state index in [4.69, 9.17) is 23.2 Å². The Morgan fingerprint density at radius 1 is 1.40 bits per heavy atom. The van der Waals surface area contributed by atoms with Gasteiger partial charge in [0.1, 0.15) is 4.49 Å². The molecule has 0 aromatic carbocycles. The highest BCUT2D eigenvalue weighted by Crippen LogP contribution is 2.07. The molecule has 0 heterocycles. The number of halogens is 3. The van der Waals surface area contributed by atoms with Gasteiger partial charge in [-0.3, -0.25) is 9.59 Å². The van der Waals surface area contributed by atoms with Gasteiger partial charge in [-0.2, -0.15) is 0 Å². The van der Waals surface area contributed by atoms with E-state index in [1.165, 1.54) is 0 Å². The summed E-state index contributed by atoms with van der Waals surface area (Å²) >= 11 is 12.9. The molecule has 56 valence electrons. The third-order valence-electron chi connectivity index (χ3n) is 0.583. The molecule has 0 amide bonds. The first-order valence-electron chi connectivity index (χ1n) is 2.26. The Morgan fingerprint density at radius 3 is 2.20 bits per heavy atom. The van der Waals surface area contributed by atoms with Gasteiger partial charge in [-0.05, 0) is 15.9 Å². The second-order valence-corrected chi connectivity index (χ2v) is 3.32. The van der Waals surface area contributed by atoms with E-state index in [-0.39, 0.29) is 15.6 Å². The lowest BCUT2D eigenvalue weighted by Gasteiger charge is -1.85. The first-order chi connectivity index (χ1) is 4.52. The van der Waals surface area contributed by atoms with Crippen molar-refractivity contribution in [1.29, 1.82) is 0 Å². The summed E-state index contributed by atoms with van der Waals surface area (Å²) in [4.78, 5) is 20.8. The molecule has 2 nitrogen and oxygen atoms in total. The largest absolute Gasteiger partial charge is 0.294 e. The van der Waals surface area contributed by atoms with Gasteiger partial charge in [-0.1, -0.05) is 23.2 Å². The van der Waals surface area contributed by atoms with Crippen LogP contribution in [0.2, 0.25) is 0 Å². The van der Waals surface area contributed by atoms with Crippen LogP contribution in [0.15, 0.2) is 10.6 Å². The lowest BCUT2D eigenvalue weighted by Crippen LogP contribution is -1.97. The minimum Gasteiger partial charge on any atom is -0.294 e. The van der Waals surface area contributed by atoms with Gasteiger partial charge < -0.3 is 0 Å². The van der Waals surface area contributed by atoms with Crippen molar-refractivity contribution in [3.05, 3.63) is 10.6 Å². The number of allylic oxidation sites excluding steroid dienone is 1. The van der Waals surface area contributed by atoms with Crippen molar-refractivity contribution in [2.75, 3.05) is 0 Å². The number of carbonyl (C=O) groups is 2. The fourth-order valence-corrected chi connectivity index (χ4v) is 0.829. The van der Waals surface area contributed by atoms with Crippen LogP contribution in [-0.4, -0.2) is 10.5 Å². The van der Waals surface area contributed by atoms with Crippen molar-refractivity contribution in [2.45, 2.75) is 6.42 Å². The zero-order chi connectivity index (χ0) is 8.15. The van der Waals surface area contributed by atoms with Crippen LogP contribution in [0.25, 0.3) is 0 Å². The third-order valence-corrected chi connectivity index (χ3v) is 1.08. The summed E-state index contributed by atoms with van der Waals surface area (Å²) in [5, 5.41) is 0. The standard InChI is InChI=1S/C5H3BrCl2O2/c6-4(10)1-3(9)2-5(7)8/h2H,1H2. The van der Waals surface area contributed by atoms with Gasteiger partial charge in [0.05, 0.1) is 6.42 Å². The van der Waals surface area contributed by atoms with Crippen LogP contribution >= 0.6 is 39.1 Å². The highest BCUT2D eigenvalue weighted by atomic mass is 79.9. The molecule has 0 saturated heterocycles. The van der Waals surface area contributed by atoms with E-state index >= 15 is 0 Å². The Labute approximate surface area is 76.3 Å². The fourth-order valence-electron chi connectivity index (χ4n) is 0.310. The van der Waals surface area contributed by atoms with Crippen LogP contribution in [0.5, 0.6) is 0 Å². The Hall–Kier alpha value is 0.140. The normalized spacial score (nSPS) is 8.70. The van der Waals surface area contributed by atoms with Crippen molar-refractivity contribution in [3.8, 4) is 0 Å². The number of carbonyl (C=O) groups excluding carboxylic acids is 2. The Morgan fingerprint density at radius 2 is 1.90 bits per heavy atom. The Balaban J connectivity index is 3.88. The maximum absolute atomic E-state index is 10.6. The summed E-state index contributed by atoms with van der Waals surface area (Å²) in [6, 6.07) is 0. The van der Waals surface area contributed by atoms with Gasteiger partial charge in [0.2, 0.25) is 4.69 Å².